The summed E-state index contributed by atoms with van der Waals surface area (Å²) in [5.74, 6) is 0.465. The van der Waals surface area contributed by atoms with Crippen LogP contribution < -0.4 is 5.32 Å². The Morgan fingerprint density at radius 1 is 1.47 bits per heavy atom. The van der Waals surface area contributed by atoms with Crippen LogP contribution in [-0.4, -0.2) is 37.3 Å². The van der Waals surface area contributed by atoms with Crippen molar-refractivity contribution in [2.45, 2.75) is 38.1 Å². The maximum absolute atomic E-state index is 12.5. The highest BCUT2D eigenvalue weighted by Crippen LogP contribution is 2.25. The normalized spacial score (nSPS) is 12.2. The van der Waals surface area contributed by atoms with Gasteiger partial charge in [0.15, 0.2) is 0 Å². The molecular weight excluding hydrogens is 286 g/mol. The van der Waals surface area contributed by atoms with Gasteiger partial charge in [0.25, 0.3) is 0 Å². The molecule has 0 aromatic carbocycles. The highest BCUT2D eigenvalue weighted by atomic mass is 35.5. The number of aromatic nitrogens is 1. The standard InChI is InChI=1S/C12H20ClN3O2S/c1-5-6-16(9(2)3)19(17,18)10-7-11(13)12(14-4)15-8-10/h7-9H,5-6H2,1-4H3,(H,14,15). The topological polar surface area (TPSA) is 62.3 Å². The first-order valence-electron chi connectivity index (χ1n) is 6.19. The average Bonchev–Trinajstić information content (AvgIpc) is 2.35. The van der Waals surface area contributed by atoms with Gasteiger partial charge in [0, 0.05) is 25.8 Å². The van der Waals surface area contributed by atoms with Crippen molar-refractivity contribution in [1.29, 1.82) is 0 Å². The minimum absolute atomic E-state index is 0.104. The number of rotatable bonds is 6. The third-order valence-corrected chi connectivity index (χ3v) is 5.01. The molecular formula is C12H20ClN3O2S. The van der Waals surface area contributed by atoms with Gasteiger partial charge in [0.2, 0.25) is 10.0 Å². The molecule has 1 aromatic heterocycles. The van der Waals surface area contributed by atoms with Crippen molar-refractivity contribution in [3.05, 3.63) is 17.3 Å². The molecule has 5 nitrogen and oxygen atoms in total. The van der Waals surface area contributed by atoms with Crippen LogP contribution in [0.15, 0.2) is 17.2 Å². The fourth-order valence-electron chi connectivity index (χ4n) is 1.76. The number of anilines is 1. The van der Waals surface area contributed by atoms with Gasteiger partial charge in [-0.25, -0.2) is 13.4 Å². The van der Waals surface area contributed by atoms with Gasteiger partial charge in [-0.2, -0.15) is 4.31 Å². The van der Waals surface area contributed by atoms with Crippen LogP contribution in [0.25, 0.3) is 0 Å². The van der Waals surface area contributed by atoms with E-state index in [1.54, 1.807) is 7.05 Å². The van der Waals surface area contributed by atoms with Crippen molar-refractivity contribution in [2.75, 3.05) is 18.9 Å². The summed E-state index contributed by atoms with van der Waals surface area (Å²) in [6.07, 6.45) is 2.09. The third-order valence-electron chi connectivity index (χ3n) is 2.68. The number of nitrogens with one attached hydrogen (secondary N) is 1. The van der Waals surface area contributed by atoms with Gasteiger partial charge in [0.05, 0.1) is 5.02 Å². The Morgan fingerprint density at radius 3 is 2.53 bits per heavy atom. The maximum Gasteiger partial charge on any atom is 0.244 e. The zero-order valence-corrected chi connectivity index (χ0v) is 13.2. The van der Waals surface area contributed by atoms with Crippen LogP contribution in [0.3, 0.4) is 0 Å². The fourth-order valence-corrected chi connectivity index (χ4v) is 3.78. The van der Waals surface area contributed by atoms with Crippen LogP contribution in [0, 0.1) is 0 Å². The minimum Gasteiger partial charge on any atom is -0.372 e. The molecule has 1 heterocycles. The predicted octanol–water partition coefficient (Wildman–Crippen LogP) is 2.59. The molecule has 0 aliphatic carbocycles. The van der Waals surface area contributed by atoms with E-state index in [2.05, 4.69) is 10.3 Å². The summed E-state index contributed by atoms with van der Waals surface area (Å²) in [7, 11) is -1.87. The van der Waals surface area contributed by atoms with E-state index in [0.29, 0.717) is 17.4 Å². The molecule has 1 aromatic rings. The summed E-state index contributed by atoms with van der Waals surface area (Å²) in [6.45, 7) is 6.13. The zero-order valence-electron chi connectivity index (χ0n) is 11.6. The number of sulfonamides is 1. The molecule has 1 rings (SSSR count). The largest absolute Gasteiger partial charge is 0.372 e. The number of hydrogen-bond donors (Lipinski definition) is 1. The van der Waals surface area contributed by atoms with Crippen molar-refractivity contribution in [3.63, 3.8) is 0 Å². The average molecular weight is 306 g/mol. The Bertz CT molecular complexity index is 532. The van der Waals surface area contributed by atoms with Gasteiger partial charge < -0.3 is 5.32 Å². The molecule has 0 aliphatic rings. The number of nitrogens with zero attached hydrogens (tertiary/aromatic N) is 2. The van der Waals surface area contributed by atoms with Crippen LogP contribution in [0.4, 0.5) is 5.82 Å². The van der Waals surface area contributed by atoms with Crippen LogP contribution >= 0.6 is 11.6 Å². The van der Waals surface area contributed by atoms with Gasteiger partial charge in [0.1, 0.15) is 10.7 Å². The molecule has 0 bridgehead atoms. The third kappa shape index (κ3) is 3.58. The van der Waals surface area contributed by atoms with Crippen LogP contribution in [0.1, 0.15) is 27.2 Å². The van der Waals surface area contributed by atoms with E-state index in [-0.39, 0.29) is 10.9 Å². The highest BCUT2D eigenvalue weighted by molar-refractivity contribution is 7.89. The molecule has 0 fully saturated rings. The lowest BCUT2D eigenvalue weighted by molar-refractivity contribution is 0.354. The van der Waals surface area contributed by atoms with Gasteiger partial charge in [-0.05, 0) is 26.3 Å². The lowest BCUT2D eigenvalue weighted by atomic mass is 10.4. The monoisotopic (exact) mass is 305 g/mol. The van der Waals surface area contributed by atoms with Crippen molar-refractivity contribution in [2.24, 2.45) is 0 Å². The summed E-state index contributed by atoms with van der Waals surface area (Å²) < 4.78 is 26.5. The quantitative estimate of drug-likeness (QED) is 0.877. The summed E-state index contributed by atoms with van der Waals surface area (Å²) in [5.41, 5.74) is 0. The number of pyridine rings is 1. The summed E-state index contributed by atoms with van der Waals surface area (Å²) in [6, 6.07) is 1.33. The van der Waals surface area contributed by atoms with Gasteiger partial charge in [-0.3, -0.25) is 0 Å². The smallest absolute Gasteiger partial charge is 0.244 e. The highest BCUT2D eigenvalue weighted by Gasteiger charge is 2.27. The molecule has 19 heavy (non-hydrogen) atoms. The van der Waals surface area contributed by atoms with E-state index in [0.717, 1.165) is 6.42 Å². The number of halogens is 1. The van der Waals surface area contributed by atoms with E-state index in [1.807, 2.05) is 20.8 Å². The summed E-state index contributed by atoms with van der Waals surface area (Å²) in [4.78, 5) is 4.14. The Balaban J connectivity index is 3.22. The van der Waals surface area contributed by atoms with E-state index in [1.165, 1.54) is 16.6 Å². The molecule has 0 spiro atoms. The molecule has 0 saturated heterocycles. The van der Waals surface area contributed by atoms with Gasteiger partial charge in [-0.1, -0.05) is 18.5 Å². The molecule has 1 N–H and O–H groups in total. The molecule has 0 atom stereocenters. The van der Waals surface area contributed by atoms with Crippen molar-refractivity contribution in [1.82, 2.24) is 9.29 Å². The van der Waals surface area contributed by atoms with Crippen molar-refractivity contribution < 1.29 is 8.42 Å². The van der Waals surface area contributed by atoms with Crippen molar-refractivity contribution in [3.8, 4) is 0 Å². The lowest BCUT2D eigenvalue weighted by Crippen LogP contribution is -2.37. The second-order valence-corrected chi connectivity index (χ2v) is 6.76. The molecule has 7 heteroatoms. The first kappa shape index (κ1) is 16.2. The molecule has 0 amide bonds. The van der Waals surface area contributed by atoms with Crippen molar-refractivity contribution >= 4 is 27.4 Å². The first-order chi connectivity index (χ1) is 8.84. The molecule has 108 valence electrons. The Labute approximate surface area is 120 Å². The molecule has 0 aliphatic heterocycles. The van der Waals surface area contributed by atoms with Gasteiger partial charge in [-0.15, -0.1) is 0 Å². The van der Waals surface area contributed by atoms with Crippen LogP contribution in [0.2, 0.25) is 5.02 Å². The Hall–Kier alpha value is -0.850. The summed E-state index contributed by atoms with van der Waals surface area (Å²) >= 11 is 5.99. The Morgan fingerprint density at radius 2 is 2.11 bits per heavy atom. The van der Waals surface area contributed by atoms with Gasteiger partial charge >= 0.3 is 0 Å². The summed E-state index contributed by atoms with van der Waals surface area (Å²) in [5, 5.41) is 3.09. The second kappa shape index (κ2) is 6.54. The Kier molecular flexibility index (Phi) is 5.58. The van der Waals surface area contributed by atoms with E-state index in [9.17, 15) is 8.42 Å². The zero-order chi connectivity index (χ0) is 14.6. The van der Waals surface area contributed by atoms with E-state index in [4.69, 9.17) is 11.6 Å². The minimum atomic E-state index is -3.55. The molecule has 0 radical (unpaired) electrons. The first-order valence-corrected chi connectivity index (χ1v) is 8.01. The maximum atomic E-state index is 12.5. The van der Waals surface area contributed by atoms with Crippen LogP contribution in [0.5, 0.6) is 0 Å². The molecule has 0 unspecified atom stereocenters. The second-order valence-electron chi connectivity index (χ2n) is 4.46. The number of hydrogen-bond acceptors (Lipinski definition) is 4. The van der Waals surface area contributed by atoms with E-state index < -0.39 is 10.0 Å². The SMILES string of the molecule is CCCN(C(C)C)S(=O)(=O)c1cnc(NC)c(Cl)c1. The lowest BCUT2D eigenvalue weighted by Gasteiger charge is -2.25. The predicted molar refractivity (Wildman–Crippen MR) is 78.1 cm³/mol. The van der Waals surface area contributed by atoms with Crippen LogP contribution in [-0.2, 0) is 10.0 Å². The fraction of sp³-hybridized carbons (Fsp3) is 0.583. The van der Waals surface area contributed by atoms with E-state index >= 15 is 0 Å². The molecule has 0 saturated carbocycles.